The minimum absolute atomic E-state index is 0.609. The van der Waals surface area contributed by atoms with Gasteiger partial charge in [0.2, 0.25) is 0 Å². The largest absolute Gasteiger partial charge is 0.258 e. The maximum absolute atomic E-state index is 2.52. The lowest BCUT2D eigenvalue weighted by Crippen LogP contribution is -2.38. The predicted octanol–water partition coefficient (Wildman–Crippen LogP) is 9.35. The Kier molecular flexibility index (Phi) is 18.1. The second-order valence-electron chi connectivity index (χ2n) is 10.2. The van der Waals surface area contributed by atoms with Crippen molar-refractivity contribution in [3.8, 4) is 0 Å². The van der Waals surface area contributed by atoms with Gasteiger partial charge in [-0.2, -0.15) is 0 Å². The molecule has 1 aromatic heterocycles. The fraction of sp³-hybridized carbons (Fsp3) is 0.897. The van der Waals surface area contributed by atoms with Gasteiger partial charge in [-0.3, -0.25) is 0 Å². The van der Waals surface area contributed by atoms with Gasteiger partial charge in [-0.05, 0) is 19.3 Å². The zero-order chi connectivity index (χ0) is 22.6. The van der Waals surface area contributed by atoms with Crippen molar-refractivity contribution in [1.82, 2.24) is 4.57 Å². The van der Waals surface area contributed by atoms with Gasteiger partial charge in [-0.1, -0.05) is 130 Å². The first kappa shape index (κ1) is 28.2. The quantitative estimate of drug-likeness (QED) is 0.127. The van der Waals surface area contributed by atoms with Crippen LogP contribution in [0.15, 0.2) is 12.4 Å². The Hall–Kier alpha value is -0.790. The summed E-state index contributed by atoms with van der Waals surface area (Å²) in [6.07, 6.45) is 31.7. The highest BCUT2D eigenvalue weighted by Crippen LogP contribution is 2.15. The van der Waals surface area contributed by atoms with Gasteiger partial charge >= 0.3 is 0 Å². The van der Waals surface area contributed by atoms with E-state index in [1.807, 2.05) is 0 Å². The molecule has 2 nitrogen and oxygen atoms in total. The van der Waals surface area contributed by atoms with Crippen molar-refractivity contribution in [2.75, 3.05) is 0 Å². The minimum Gasteiger partial charge on any atom is -0.234 e. The SMILES string of the molecule is CCCCCCCCCCCCCCCCCCC[n+]1ccn(CCCC)c1C(C)C. The molecule has 0 aliphatic rings. The monoisotopic (exact) mass is 433 g/mol. The van der Waals surface area contributed by atoms with E-state index in [0.29, 0.717) is 5.92 Å². The normalized spacial score (nSPS) is 11.6. The molecule has 0 radical (unpaired) electrons. The molecule has 0 aromatic carbocycles. The average Bonchev–Trinajstić information content (AvgIpc) is 3.17. The molecule has 0 atom stereocenters. The standard InChI is InChI=1S/C29H57N2/c1-5-7-9-10-11-12-13-14-15-16-17-18-19-20-21-22-23-25-31-27-26-30(24-8-6-2)29(31)28(3)4/h26-28H,5-25H2,1-4H3/q+1. The summed E-state index contributed by atoms with van der Waals surface area (Å²) in [4.78, 5) is 0. The van der Waals surface area contributed by atoms with E-state index in [4.69, 9.17) is 0 Å². The Morgan fingerprint density at radius 3 is 1.45 bits per heavy atom. The Bertz CT molecular complexity index is 503. The first-order chi connectivity index (χ1) is 15.2. The van der Waals surface area contributed by atoms with Crippen LogP contribution in [0, 0.1) is 0 Å². The average molecular weight is 434 g/mol. The van der Waals surface area contributed by atoms with E-state index < -0.39 is 0 Å². The van der Waals surface area contributed by atoms with Crippen molar-refractivity contribution in [1.29, 1.82) is 0 Å². The van der Waals surface area contributed by atoms with Crippen LogP contribution >= 0.6 is 0 Å². The number of rotatable bonds is 22. The van der Waals surface area contributed by atoms with E-state index in [1.54, 1.807) is 0 Å². The smallest absolute Gasteiger partial charge is 0.234 e. The first-order valence-corrected chi connectivity index (χ1v) is 14.3. The van der Waals surface area contributed by atoms with Crippen LogP contribution in [0.2, 0.25) is 0 Å². The summed E-state index contributed by atoms with van der Waals surface area (Å²) in [5.41, 5.74) is 0. The molecule has 1 heterocycles. The van der Waals surface area contributed by atoms with Gasteiger partial charge in [-0.15, -0.1) is 0 Å². The van der Waals surface area contributed by atoms with Crippen LogP contribution in [0.3, 0.4) is 0 Å². The van der Waals surface area contributed by atoms with E-state index in [9.17, 15) is 0 Å². The molecule has 0 spiro atoms. The first-order valence-electron chi connectivity index (χ1n) is 14.3. The van der Waals surface area contributed by atoms with Crippen LogP contribution in [-0.2, 0) is 13.1 Å². The van der Waals surface area contributed by atoms with Gasteiger partial charge < -0.3 is 0 Å². The lowest BCUT2D eigenvalue weighted by atomic mass is 10.0. The topological polar surface area (TPSA) is 8.81 Å². The third-order valence-corrected chi connectivity index (χ3v) is 6.79. The van der Waals surface area contributed by atoms with Gasteiger partial charge in [-0.25, -0.2) is 9.13 Å². The maximum atomic E-state index is 2.52. The molecular weight excluding hydrogens is 376 g/mol. The van der Waals surface area contributed by atoms with E-state index in [0.717, 1.165) is 0 Å². The van der Waals surface area contributed by atoms with Gasteiger partial charge in [0.1, 0.15) is 12.4 Å². The molecule has 0 bridgehead atoms. The van der Waals surface area contributed by atoms with E-state index in [2.05, 4.69) is 49.2 Å². The molecule has 0 aliphatic carbocycles. The van der Waals surface area contributed by atoms with Gasteiger partial charge in [0, 0.05) is 0 Å². The lowest BCUT2D eigenvalue weighted by Gasteiger charge is -2.08. The zero-order valence-corrected chi connectivity index (χ0v) is 22.0. The molecule has 2 heteroatoms. The molecule has 0 fully saturated rings. The molecule has 0 saturated heterocycles. The summed E-state index contributed by atoms with van der Waals surface area (Å²) in [6.45, 7) is 11.6. The number of nitrogens with zero attached hydrogens (tertiary/aromatic N) is 2. The van der Waals surface area contributed by atoms with Crippen molar-refractivity contribution in [3.05, 3.63) is 18.2 Å². The number of aromatic nitrogens is 2. The summed E-state index contributed by atoms with van der Waals surface area (Å²) in [5.74, 6) is 2.13. The molecule has 0 aliphatic heterocycles. The highest BCUT2D eigenvalue weighted by molar-refractivity contribution is 4.89. The van der Waals surface area contributed by atoms with Crippen LogP contribution in [0.5, 0.6) is 0 Å². The van der Waals surface area contributed by atoms with Crippen molar-refractivity contribution in [2.45, 2.75) is 169 Å². The fourth-order valence-electron chi connectivity index (χ4n) is 4.86. The number of aryl methyl sites for hydroxylation is 2. The van der Waals surface area contributed by atoms with Crippen LogP contribution in [0.4, 0.5) is 0 Å². The molecule has 0 unspecified atom stereocenters. The molecule has 182 valence electrons. The number of hydrogen-bond donors (Lipinski definition) is 0. The molecule has 31 heavy (non-hydrogen) atoms. The Morgan fingerprint density at radius 2 is 1.03 bits per heavy atom. The summed E-state index contributed by atoms with van der Waals surface area (Å²) in [5, 5.41) is 0. The molecule has 0 N–H and O–H groups in total. The second kappa shape index (κ2) is 19.9. The summed E-state index contributed by atoms with van der Waals surface area (Å²) in [6, 6.07) is 0. The Morgan fingerprint density at radius 1 is 0.613 bits per heavy atom. The summed E-state index contributed by atoms with van der Waals surface area (Å²) in [7, 11) is 0. The third kappa shape index (κ3) is 14.1. The molecule has 0 saturated carbocycles. The van der Waals surface area contributed by atoms with Crippen LogP contribution in [0.25, 0.3) is 0 Å². The van der Waals surface area contributed by atoms with Crippen molar-refractivity contribution in [3.63, 3.8) is 0 Å². The van der Waals surface area contributed by atoms with Crippen molar-refractivity contribution >= 4 is 0 Å². The predicted molar refractivity (Wildman–Crippen MR) is 138 cm³/mol. The van der Waals surface area contributed by atoms with Crippen LogP contribution in [0.1, 0.15) is 161 Å². The van der Waals surface area contributed by atoms with Crippen LogP contribution < -0.4 is 4.57 Å². The highest BCUT2D eigenvalue weighted by Gasteiger charge is 2.19. The van der Waals surface area contributed by atoms with Crippen molar-refractivity contribution < 1.29 is 4.57 Å². The minimum atomic E-state index is 0.609. The molecule has 1 rings (SSSR count). The molecular formula is C29H57N2+. The number of imidazole rings is 1. The van der Waals surface area contributed by atoms with Crippen molar-refractivity contribution in [2.24, 2.45) is 0 Å². The van der Waals surface area contributed by atoms with E-state index in [1.165, 1.54) is 141 Å². The number of hydrogen-bond acceptors (Lipinski definition) is 0. The van der Waals surface area contributed by atoms with E-state index >= 15 is 0 Å². The zero-order valence-electron chi connectivity index (χ0n) is 22.0. The van der Waals surface area contributed by atoms with Gasteiger partial charge in [0.05, 0.1) is 19.0 Å². The second-order valence-corrected chi connectivity index (χ2v) is 10.2. The lowest BCUT2D eigenvalue weighted by molar-refractivity contribution is -0.705. The Balaban J connectivity index is 1.93. The van der Waals surface area contributed by atoms with Gasteiger partial charge in [0.15, 0.2) is 0 Å². The third-order valence-electron chi connectivity index (χ3n) is 6.79. The highest BCUT2D eigenvalue weighted by atomic mass is 15.1. The molecule has 0 amide bonds. The number of unbranched alkanes of at least 4 members (excludes halogenated alkanes) is 17. The van der Waals surface area contributed by atoms with Crippen LogP contribution in [-0.4, -0.2) is 4.57 Å². The maximum Gasteiger partial charge on any atom is 0.258 e. The fourth-order valence-corrected chi connectivity index (χ4v) is 4.86. The molecule has 1 aromatic rings. The summed E-state index contributed by atoms with van der Waals surface area (Å²) >= 11 is 0. The van der Waals surface area contributed by atoms with E-state index in [-0.39, 0.29) is 0 Å². The van der Waals surface area contributed by atoms with Gasteiger partial charge in [0.25, 0.3) is 5.82 Å². The summed E-state index contributed by atoms with van der Waals surface area (Å²) < 4.78 is 5.01. The Labute approximate surface area is 196 Å².